The van der Waals surface area contributed by atoms with Crippen LogP contribution in [-0.2, 0) is 14.4 Å². The number of imide groups is 1. The minimum atomic E-state index is -0.978. The highest BCUT2D eigenvalue weighted by atomic mass is 32.2. The summed E-state index contributed by atoms with van der Waals surface area (Å²) in [6, 6.07) is 20.6. The molecule has 9 heteroatoms. The molecule has 1 N–H and O–H groups in total. The van der Waals surface area contributed by atoms with E-state index in [0.29, 0.717) is 17.9 Å². The Morgan fingerprint density at radius 1 is 0.895 bits per heavy atom. The van der Waals surface area contributed by atoms with E-state index in [2.05, 4.69) is 5.32 Å². The normalized spacial score (nSPS) is 23.4. The number of carbonyl (C=O) groups excluding carboxylic acids is 3. The SMILES string of the molecule is CSCC[C@@H](C(=O)Nc1ccc([N+](=O)[O-])cc1)N1C(=O)[C@@H]2C3c4ccccc4C(c4ccccc43)[C@@H]2C1=O. The number of carbonyl (C=O) groups is 3. The van der Waals surface area contributed by atoms with Crippen molar-refractivity contribution in [1.29, 1.82) is 0 Å². The summed E-state index contributed by atoms with van der Waals surface area (Å²) in [6.45, 7) is 0. The predicted molar refractivity (Wildman–Crippen MR) is 144 cm³/mol. The molecular weight excluding hydrogens is 502 g/mol. The fourth-order valence-corrected chi connectivity index (χ4v) is 6.97. The number of hydrogen-bond donors (Lipinski definition) is 1. The van der Waals surface area contributed by atoms with Gasteiger partial charge in [0.25, 0.3) is 5.69 Å². The molecule has 1 saturated heterocycles. The number of nitrogens with one attached hydrogen (secondary N) is 1. The van der Waals surface area contributed by atoms with Crippen molar-refractivity contribution >= 4 is 40.9 Å². The lowest BCUT2D eigenvalue weighted by molar-refractivity contribution is -0.384. The molecule has 0 radical (unpaired) electrons. The smallest absolute Gasteiger partial charge is 0.269 e. The summed E-state index contributed by atoms with van der Waals surface area (Å²) in [5.41, 5.74) is 4.59. The summed E-state index contributed by atoms with van der Waals surface area (Å²) in [5, 5.41) is 13.8. The van der Waals surface area contributed by atoms with Crippen molar-refractivity contribution in [3.8, 4) is 0 Å². The highest BCUT2D eigenvalue weighted by Gasteiger charge is 2.62. The highest BCUT2D eigenvalue weighted by Crippen LogP contribution is 2.61. The van der Waals surface area contributed by atoms with E-state index in [9.17, 15) is 24.5 Å². The van der Waals surface area contributed by atoms with E-state index in [1.807, 2.05) is 54.8 Å². The summed E-state index contributed by atoms with van der Waals surface area (Å²) in [7, 11) is 0. The van der Waals surface area contributed by atoms with Gasteiger partial charge in [0.2, 0.25) is 17.7 Å². The zero-order valence-corrected chi connectivity index (χ0v) is 21.4. The van der Waals surface area contributed by atoms with Gasteiger partial charge in [0.15, 0.2) is 0 Å². The second-order valence-electron chi connectivity index (χ2n) is 9.90. The van der Waals surface area contributed by atoms with Gasteiger partial charge in [-0.3, -0.25) is 29.4 Å². The third-order valence-corrected chi connectivity index (χ3v) is 8.68. The van der Waals surface area contributed by atoms with Crippen LogP contribution in [0.5, 0.6) is 0 Å². The van der Waals surface area contributed by atoms with E-state index in [4.69, 9.17) is 0 Å². The molecule has 38 heavy (non-hydrogen) atoms. The monoisotopic (exact) mass is 527 g/mol. The molecule has 3 aromatic carbocycles. The van der Waals surface area contributed by atoms with Gasteiger partial charge in [-0.1, -0.05) is 48.5 Å². The molecular formula is C29H25N3O5S. The zero-order chi connectivity index (χ0) is 26.6. The van der Waals surface area contributed by atoms with Gasteiger partial charge >= 0.3 is 0 Å². The molecule has 3 aliphatic carbocycles. The lowest BCUT2D eigenvalue weighted by Gasteiger charge is -2.45. The van der Waals surface area contributed by atoms with Gasteiger partial charge in [0.05, 0.1) is 16.8 Å². The maximum absolute atomic E-state index is 14.1. The third-order valence-electron chi connectivity index (χ3n) is 8.04. The van der Waals surface area contributed by atoms with E-state index in [0.717, 1.165) is 22.3 Å². The van der Waals surface area contributed by atoms with Crippen LogP contribution in [0, 0.1) is 22.0 Å². The van der Waals surface area contributed by atoms with Crippen LogP contribution in [0.25, 0.3) is 0 Å². The Bertz CT molecular complexity index is 1360. The van der Waals surface area contributed by atoms with Crippen LogP contribution in [0.4, 0.5) is 11.4 Å². The Labute approximate surface area is 223 Å². The molecule has 1 heterocycles. The molecule has 3 amide bonds. The Kier molecular flexibility index (Phi) is 6.03. The van der Waals surface area contributed by atoms with E-state index in [1.165, 1.54) is 40.9 Å². The molecule has 1 aliphatic heterocycles. The molecule has 2 bridgehead atoms. The van der Waals surface area contributed by atoms with Crippen LogP contribution in [0.1, 0.15) is 40.5 Å². The maximum Gasteiger partial charge on any atom is 0.269 e. The summed E-state index contributed by atoms with van der Waals surface area (Å²) in [5.74, 6) is -2.08. The van der Waals surface area contributed by atoms with Crippen LogP contribution in [0.15, 0.2) is 72.8 Å². The van der Waals surface area contributed by atoms with Gasteiger partial charge in [-0.2, -0.15) is 11.8 Å². The minimum Gasteiger partial charge on any atom is -0.324 e. The number of benzene rings is 3. The summed E-state index contributed by atoms with van der Waals surface area (Å²) in [4.78, 5) is 53.4. The number of nitro groups is 1. The summed E-state index contributed by atoms with van der Waals surface area (Å²) >= 11 is 1.53. The Balaban J connectivity index is 1.36. The molecule has 0 aromatic heterocycles. The standard InChI is InChI=1S/C29H25N3O5S/c1-38-15-14-22(27(33)30-16-10-12-17(13-11-16)32(36)37)31-28(34)25-23-18-6-2-3-7-19(18)24(26(25)29(31)35)21-9-5-4-8-20(21)23/h2-13,22-26H,14-15H2,1H3,(H,30,33)/t22-,23?,24?,25-,26+/m0/s1. The van der Waals surface area contributed by atoms with Gasteiger partial charge in [-0.15, -0.1) is 0 Å². The van der Waals surface area contributed by atoms with Gasteiger partial charge in [-0.05, 0) is 52.8 Å². The van der Waals surface area contributed by atoms with Crippen molar-refractivity contribution < 1.29 is 19.3 Å². The number of anilines is 1. The molecule has 4 aliphatic rings. The van der Waals surface area contributed by atoms with Crippen molar-refractivity contribution in [3.63, 3.8) is 0 Å². The van der Waals surface area contributed by atoms with Crippen LogP contribution in [0.3, 0.4) is 0 Å². The lowest BCUT2D eigenvalue weighted by atomic mass is 9.55. The fourth-order valence-electron chi connectivity index (χ4n) is 6.51. The summed E-state index contributed by atoms with van der Waals surface area (Å²) in [6.07, 6.45) is 2.22. The van der Waals surface area contributed by atoms with Gasteiger partial charge in [0, 0.05) is 29.7 Å². The maximum atomic E-state index is 14.1. The molecule has 1 fully saturated rings. The van der Waals surface area contributed by atoms with Crippen LogP contribution < -0.4 is 5.32 Å². The number of nitro benzene ring substituents is 1. The molecule has 7 rings (SSSR count). The average molecular weight is 528 g/mol. The predicted octanol–water partition coefficient (Wildman–Crippen LogP) is 4.55. The second-order valence-corrected chi connectivity index (χ2v) is 10.9. The van der Waals surface area contributed by atoms with Crippen molar-refractivity contribution in [2.24, 2.45) is 11.8 Å². The first-order valence-corrected chi connectivity index (χ1v) is 13.9. The number of non-ortho nitro benzene ring substituents is 1. The van der Waals surface area contributed by atoms with Gasteiger partial charge in [-0.25, -0.2) is 0 Å². The van der Waals surface area contributed by atoms with Crippen LogP contribution >= 0.6 is 11.8 Å². The zero-order valence-electron chi connectivity index (χ0n) is 20.6. The average Bonchev–Trinajstić information content (AvgIpc) is 3.19. The molecule has 192 valence electrons. The van der Waals surface area contributed by atoms with Crippen molar-refractivity contribution in [2.75, 3.05) is 17.3 Å². The molecule has 0 unspecified atom stereocenters. The summed E-state index contributed by atoms with van der Waals surface area (Å²) < 4.78 is 0. The highest BCUT2D eigenvalue weighted by molar-refractivity contribution is 7.98. The number of thioether (sulfide) groups is 1. The number of hydrogen-bond acceptors (Lipinski definition) is 6. The lowest BCUT2D eigenvalue weighted by Crippen LogP contribution is -2.48. The molecule has 3 atom stereocenters. The van der Waals surface area contributed by atoms with E-state index < -0.39 is 28.7 Å². The van der Waals surface area contributed by atoms with Gasteiger partial charge < -0.3 is 5.32 Å². The van der Waals surface area contributed by atoms with Crippen LogP contribution in [-0.4, -0.2) is 45.6 Å². The Hall–Kier alpha value is -3.98. The Morgan fingerprint density at radius 3 is 1.79 bits per heavy atom. The first-order chi connectivity index (χ1) is 18.4. The number of likely N-dealkylation sites (tertiary alicyclic amines) is 1. The van der Waals surface area contributed by atoms with E-state index in [-0.39, 0.29) is 29.3 Å². The fraction of sp³-hybridized carbons (Fsp3) is 0.276. The first-order valence-electron chi connectivity index (χ1n) is 12.5. The third kappa shape index (κ3) is 3.64. The minimum absolute atomic E-state index is 0.0921. The first kappa shape index (κ1) is 24.4. The van der Waals surface area contributed by atoms with Crippen LogP contribution in [0.2, 0.25) is 0 Å². The van der Waals surface area contributed by atoms with Crippen molar-refractivity contribution in [1.82, 2.24) is 4.90 Å². The molecule has 0 saturated carbocycles. The number of nitrogens with zero attached hydrogens (tertiary/aromatic N) is 2. The topological polar surface area (TPSA) is 110 Å². The van der Waals surface area contributed by atoms with Gasteiger partial charge in [0.1, 0.15) is 6.04 Å². The molecule has 0 spiro atoms. The Morgan fingerprint density at radius 2 is 1.37 bits per heavy atom. The molecule has 3 aromatic rings. The number of rotatable bonds is 7. The van der Waals surface area contributed by atoms with Crippen molar-refractivity contribution in [2.45, 2.75) is 24.3 Å². The van der Waals surface area contributed by atoms with E-state index >= 15 is 0 Å². The second kappa shape index (κ2) is 9.40. The largest absolute Gasteiger partial charge is 0.324 e. The van der Waals surface area contributed by atoms with E-state index in [1.54, 1.807) is 0 Å². The number of amides is 3. The quantitative estimate of drug-likeness (QED) is 0.274. The molecule has 8 nitrogen and oxygen atoms in total. The van der Waals surface area contributed by atoms with Crippen molar-refractivity contribution in [3.05, 3.63) is 105 Å².